The summed E-state index contributed by atoms with van der Waals surface area (Å²) >= 11 is 0. The lowest BCUT2D eigenvalue weighted by atomic mass is 10.0. The van der Waals surface area contributed by atoms with Crippen LogP contribution in [-0.4, -0.2) is 96.7 Å². The Bertz CT molecular complexity index is 1840. The quantitative estimate of drug-likeness (QED) is 0.0222. The standard InChI is InChI=1S/C76H148O17P2/c1-7-9-11-13-15-17-19-21-23-25-26-27-28-29-31-33-35-37-39-48-54-60-75(80)92-71(64-86-73(78)58-52-46-38-36-34-32-30-24-22-20-18-16-14-12-10-8-2)66-90-94(82,83)88-62-70(77)63-89-95(84,85)91-67-72(93-76(81)61-55-49-43-41-45-51-57-69(5)6)65-87-74(79)59-53-47-42-40-44-50-56-68(3)4/h68-72,77H,7-67H2,1-6H3,(H,82,83)(H,84,85)/t70-,71-,72-/m1/s1. The van der Waals surface area contributed by atoms with E-state index in [9.17, 15) is 43.2 Å². The van der Waals surface area contributed by atoms with Gasteiger partial charge in [0.1, 0.15) is 19.3 Å². The number of ether oxygens (including phenoxy) is 4. The molecule has 0 heterocycles. The summed E-state index contributed by atoms with van der Waals surface area (Å²) in [6.07, 6.45) is 56.1. The van der Waals surface area contributed by atoms with Gasteiger partial charge in [-0.05, 0) is 37.5 Å². The maximum atomic E-state index is 13.1. The molecule has 0 aromatic rings. The van der Waals surface area contributed by atoms with Gasteiger partial charge in [0.15, 0.2) is 12.2 Å². The fourth-order valence-electron chi connectivity index (χ4n) is 11.7. The summed E-state index contributed by atoms with van der Waals surface area (Å²) in [4.78, 5) is 72.7. The average molecular weight is 1400 g/mol. The highest BCUT2D eigenvalue weighted by atomic mass is 31.2. The zero-order valence-electron chi connectivity index (χ0n) is 62.0. The molecule has 0 aromatic heterocycles. The first-order valence-corrected chi connectivity index (χ1v) is 42.5. The van der Waals surface area contributed by atoms with Crippen LogP contribution in [0.3, 0.4) is 0 Å². The highest BCUT2D eigenvalue weighted by Crippen LogP contribution is 2.45. The van der Waals surface area contributed by atoms with Crippen LogP contribution < -0.4 is 0 Å². The van der Waals surface area contributed by atoms with E-state index in [4.69, 9.17) is 37.0 Å². The topological polar surface area (TPSA) is 237 Å². The van der Waals surface area contributed by atoms with Gasteiger partial charge in [-0.3, -0.25) is 37.3 Å². The van der Waals surface area contributed by atoms with E-state index >= 15 is 0 Å². The van der Waals surface area contributed by atoms with Crippen molar-refractivity contribution in [3.05, 3.63) is 0 Å². The smallest absolute Gasteiger partial charge is 0.462 e. The van der Waals surface area contributed by atoms with Crippen molar-refractivity contribution in [1.82, 2.24) is 0 Å². The van der Waals surface area contributed by atoms with E-state index in [1.165, 1.54) is 205 Å². The number of hydrogen-bond acceptors (Lipinski definition) is 15. The van der Waals surface area contributed by atoms with Crippen LogP contribution in [0, 0.1) is 11.8 Å². The Hall–Kier alpha value is -1.94. The van der Waals surface area contributed by atoms with Gasteiger partial charge in [-0.1, -0.05) is 343 Å². The largest absolute Gasteiger partial charge is 0.472 e. The molecule has 0 bridgehead atoms. The third-order valence-corrected chi connectivity index (χ3v) is 19.6. The minimum absolute atomic E-state index is 0.101. The van der Waals surface area contributed by atoms with Crippen LogP contribution >= 0.6 is 15.6 Å². The van der Waals surface area contributed by atoms with Gasteiger partial charge in [-0.15, -0.1) is 0 Å². The Balaban J connectivity index is 5.17. The molecule has 0 aliphatic rings. The van der Waals surface area contributed by atoms with E-state index in [2.05, 4.69) is 41.5 Å². The Morgan fingerprint density at radius 1 is 0.284 bits per heavy atom. The lowest BCUT2D eigenvalue weighted by Gasteiger charge is -2.21. The molecule has 17 nitrogen and oxygen atoms in total. The Morgan fingerprint density at radius 2 is 0.484 bits per heavy atom. The van der Waals surface area contributed by atoms with Crippen LogP contribution in [-0.2, 0) is 65.4 Å². The number of aliphatic hydroxyl groups excluding tert-OH is 1. The van der Waals surface area contributed by atoms with Crippen LogP contribution in [0.15, 0.2) is 0 Å². The van der Waals surface area contributed by atoms with Gasteiger partial charge in [0.05, 0.1) is 26.4 Å². The SMILES string of the molecule is CCCCCCCCCCCCCCCCCCCCCCCC(=O)O[C@H](COC(=O)CCCCCCCCCCCCCCCCCC)COP(=O)(O)OC[C@@H](O)COP(=O)(O)OC[C@@H](COC(=O)CCCCCCCCC(C)C)OC(=O)CCCCCCCCC(C)C. The number of aliphatic hydroxyl groups is 1. The van der Waals surface area contributed by atoms with Gasteiger partial charge < -0.3 is 33.8 Å². The maximum absolute atomic E-state index is 13.1. The molecule has 0 aromatic carbocycles. The highest BCUT2D eigenvalue weighted by Gasteiger charge is 2.30. The van der Waals surface area contributed by atoms with E-state index in [1.54, 1.807) is 0 Å². The molecule has 5 atom stereocenters. The van der Waals surface area contributed by atoms with E-state index in [1.807, 2.05) is 0 Å². The molecule has 0 aliphatic heterocycles. The van der Waals surface area contributed by atoms with Crippen molar-refractivity contribution in [3.63, 3.8) is 0 Å². The molecule has 95 heavy (non-hydrogen) atoms. The fourth-order valence-corrected chi connectivity index (χ4v) is 13.2. The molecular weight excluding hydrogens is 1250 g/mol. The van der Waals surface area contributed by atoms with Gasteiger partial charge in [0, 0.05) is 25.7 Å². The number of unbranched alkanes of at least 4 members (excludes halogenated alkanes) is 45. The summed E-state index contributed by atoms with van der Waals surface area (Å²) in [5.74, 6) is -0.775. The van der Waals surface area contributed by atoms with Crippen molar-refractivity contribution in [1.29, 1.82) is 0 Å². The number of phosphoric ester groups is 2. The summed E-state index contributed by atoms with van der Waals surface area (Å²) in [6.45, 7) is 9.41. The van der Waals surface area contributed by atoms with E-state index in [-0.39, 0.29) is 25.7 Å². The number of carbonyl (C=O) groups excluding carboxylic acids is 4. The predicted molar refractivity (Wildman–Crippen MR) is 386 cm³/mol. The summed E-state index contributed by atoms with van der Waals surface area (Å²) in [7, 11) is -9.91. The van der Waals surface area contributed by atoms with Crippen molar-refractivity contribution in [2.24, 2.45) is 11.8 Å². The predicted octanol–water partition coefficient (Wildman–Crippen LogP) is 22.3. The average Bonchev–Trinajstić information content (AvgIpc) is 1.93. The number of rotatable bonds is 75. The molecule has 0 saturated carbocycles. The van der Waals surface area contributed by atoms with Crippen molar-refractivity contribution in [2.45, 2.75) is 413 Å². The lowest BCUT2D eigenvalue weighted by molar-refractivity contribution is -0.161. The van der Waals surface area contributed by atoms with Crippen LogP contribution in [0.25, 0.3) is 0 Å². The van der Waals surface area contributed by atoms with Crippen molar-refractivity contribution < 1.29 is 80.2 Å². The maximum Gasteiger partial charge on any atom is 0.472 e. The molecule has 0 aliphatic carbocycles. The van der Waals surface area contributed by atoms with Crippen LogP contribution in [0.2, 0.25) is 0 Å². The van der Waals surface area contributed by atoms with Crippen molar-refractivity contribution >= 4 is 39.5 Å². The first kappa shape index (κ1) is 93.1. The van der Waals surface area contributed by atoms with Crippen LogP contribution in [0.5, 0.6) is 0 Å². The van der Waals surface area contributed by atoms with Gasteiger partial charge in [0.2, 0.25) is 0 Å². The van der Waals surface area contributed by atoms with Gasteiger partial charge in [0.25, 0.3) is 0 Å². The lowest BCUT2D eigenvalue weighted by Crippen LogP contribution is -2.30. The minimum atomic E-state index is -4.96. The van der Waals surface area contributed by atoms with Crippen LogP contribution in [0.4, 0.5) is 0 Å². The molecule has 0 radical (unpaired) electrons. The third-order valence-electron chi connectivity index (χ3n) is 17.7. The summed E-state index contributed by atoms with van der Waals surface area (Å²) in [5.41, 5.74) is 0. The second-order valence-corrected chi connectivity index (χ2v) is 31.3. The van der Waals surface area contributed by atoms with E-state index in [0.717, 1.165) is 96.3 Å². The normalized spacial score (nSPS) is 14.0. The zero-order chi connectivity index (χ0) is 70.0. The number of hydrogen-bond donors (Lipinski definition) is 3. The molecule has 0 saturated heterocycles. The first-order valence-electron chi connectivity index (χ1n) is 39.5. The molecule has 0 fully saturated rings. The molecule has 3 N–H and O–H groups in total. The Morgan fingerprint density at radius 3 is 0.716 bits per heavy atom. The Kier molecular flexibility index (Phi) is 66.5. The van der Waals surface area contributed by atoms with Crippen molar-refractivity contribution in [3.8, 4) is 0 Å². The molecule has 564 valence electrons. The summed E-state index contributed by atoms with van der Waals surface area (Å²) < 4.78 is 68.4. The highest BCUT2D eigenvalue weighted by molar-refractivity contribution is 7.47. The van der Waals surface area contributed by atoms with Gasteiger partial charge in [-0.25, -0.2) is 9.13 Å². The molecule has 2 unspecified atom stereocenters. The second kappa shape index (κ2) is 67.9. The Labute approximate surface area is 581 Å². The van der Waals surface area contributed by atoms with Gasteiger partial charge >= 0.3 is 39.5 Å². The number of esters is 4. The number of phosphoric acid groups is 2. The monoisotopic (exact) mass is 1400 g/mol. The first-order chi connectivity index (χ1) is 45.9. The molecule has 0 spiro atoms. The zero-order valence-corrected chi connectivity index (χ0v) is 63.8. The fraction of sp³-hybridized carbons (Fsp3) is 0.947. The van der Waals surface area contributed by atoms with E-state index in [0.29, 0.717) is 37.5 Å². The van der Waals surface area contributed by atoms with E-state index < -0.39 is 97.5 Å². The summed E-state index contributed by atoms with van der Waals surface area (Å²) in [5, 5.41) is 10.6. The second-order valence-electron chi connectivity index (χ2n) is 28.3. The molecule has 0 amide bonds. The summed E-state index contributed by atoms with van der Waals surface area (Å²) in [6, 6.07) is 0. The van der Waals surface area contributed by atoms with Gasteiger partial charge in [-0.2, -0.15) is 0 Å². The van der Waals surface area contributed by atoms with Crippen LogP contribution in [0.1, 0.15) is 395 Å². The third kappa shape index (κ3) is 70.3. The number of carbonyl (C=O) groups is 4. The minimum Gasteiger partial charge on any atom is -0.462 e. The van der Waals surface area contributed by atoms with Crippen molar-refractivity contribution in [2.75, 3.05) is 39.6 Å². The molecule has 0 rings (SSSR count). The molecule has 19 heteroatoms. The molecular formula is C76H148O17P2.